The summed E-state index contributed by atoms with van der Waals surface area (Å²) in [6.45, 7) is 0. The Morgan fingerprint density at radius 3 is 2.27 bits per heavy atom. The lowest BCUT2D eigenvalue weighted by molar-refractivity contribution is -0.137. The third-order valence-electron chi connectivity index (χ3n) is 3.07. The molecule has 0 radical (unpaired) electrons. The monoisotopic (exact) mass is 430 g/mol. The van der Waals surface area contributed by atoms with Gasteiger partial charge in [0.05, 0.1) is 23.0 Å². The predicted octanol–water partition coefficient (Wildman–Crippen LogP) is 5.84. The molecule has 0 bridgehead atoms. The third kappa shape index (κ3) is 3.01. The van der Waals surface area contributed by atoms with Crippen molar-refractivity contribution in [1.29, 1.82) is 0 Å². The average Bonchev–Trinajstić information content (AvgIpc) is 2.46. The first-order chi connectivity index (χ1) is 10.3. The average molecular weight is 432 g/mol. The SMILES string of the molecule is FC(F)(F)c1cc(Br)c2ncc(-c3ccc(Br)cc3)nc2c1. The van der Waals surface area contributed by atoms with Crippen LogP contribution in [0.1, 0.15) is 5.56 Å². The highest BCUT2D eigenvalue weighted by Crippen LogP contribution is 2.34. The fourth-order valence-corrected chi connectivity index (χ4v) is 2.82. The molecule has 0 saturated carbocycles. The van der Waals surface area contributed by atoms with Crippen molar-refractivity contribution in [2.75, 3.05) is 0 Å². The second-order valence-electron chi connectivity index (χ2n) is 4.59. The quantitative estimate of drug-likeness (QED) is 0.483. The highest BCUT2D eigenvalue weighted by Gasteiger charge is 2.31. The van der Waals surface area contributed by atoms with E-state index in [0.29, 0.717) is 11.2 Å². The fourth-order valence-electron chi connectivity index (χ4n) is 2.01. The van der Waals surface area contributed by atoms with E-state index in [1.807, 2.05) is 24.3 Å². The van der Waals surface area contributed by atoms with Gasteiger partial charge in [-0.2, -0.15) is 13.2 Å². The lowest BCUT2D eigenvalue weighted by atomic mass is 10.1. The zero-order chi connectivity index (χ0) is 15.9. The second kappa shape index (κ2) is 5.62. The van der Waals surface area contributed by atoms with Crippen LogP contribution in [-0.4, -0.2) is 9.97 Å². The van der Waals surface area contributed by atoms with E-state index in [9.17, 15) is 13.2 Å². The molecule has 7 heteroatoms. The van der Waals surface area contributed by atoms with Gasteiger partial charge < -0.3 is 0 Å². The van der Waals surface area contributed by atoms with E-state index in [-0.39, 0.29) is 9.99 Å². The van der Waals surface area contributed by atoms with Crippen LogP contribution < -0.4 is 0 Å². The Morgan fingerprint density at radius 1 is 0.955 bits per heavy atom. The summed E-state index contributed by atoms with van der Waals surface area (Å²) < 4.78 is 39.8. The van der Waals surface area contributed by atoms with Crippen LogP contribution in [0.2, 0.25) is 0 Å². The van der Waals surface area contributed by atoms with Crippen molar-refractivity contribution < 1.29 is 13.2 Å². The maximum Gasteiger partial charge on any atom is 0.416 e. The molecule has 0 aliphatic rings. The van der Waals surface area contributed by atoms with E-state index in [2.05, 4.69) is 41.8 Å². The fraction of sp³-hybridized carbons (Fsp3) is 0.0667. The van der Waals surface area contributed by atoms with Crippen LogP contribution in [0.5, 0.6) is 0 Å². The Hall–Kier alpha value is -1.47. The van der Waals surface area contributed by atoms with Gasteiger partial charge in [0.15, 0.2) is 0 Å². The maximum absolute atomic E-state index is 12.9. The van der Waals surface area contributed by atoms with Gasteiger partial charge in [-0.25, -0.2) is 4.98 Å². The molecular formula is C15H7Br2F3N2. The summed E-state index contributed by atoms with van der Waals surface area (Å²) in [5.41, 5.74) is 1.14. The number of hydrogen-bond donors (Lipinski definition) is 0. The number of nitrogens with zero attached hydrogens (tertiary/aromatic N) is 2. The predicted molar refractivity (Wildman–Crippen MR) is 85.4 cm³/mol. The molecule has 0 aliphatic heterocycles. The van der Waals surface area contributed by atoms with Crippen LogP contribution in [0, 0.1) is 0 Å². The van der Waals surface area contributed by atoms with Crippen molar-refractivity contribution >= 4 is 42.9 Å². The molecule has 22 heavy (non-hydrogen) atoms. The summed E-state index contributed by atoms with van der Waals surface area (Å²) in [6.07, 6.45) is -2.88. The van der Waals surface area contributed by atoms with E-state index in [1.54, 1.807) is 6.20 Å². The van der Waals surface area contributed by atoms with Crippen molar-refractivity contribution in [3.05, 3.63) is 57.1 Å². The zero-order valence-corrected chi connectivity index (χ0v) is 14.0. The molecule has 0 atom stereocenters. The molecule has 3 rings (SSSR count). The molecule has 1 aromatic heterocycles. The van der Waals surface area contributed by atoms with Crippen LogP contribution in [0.15, 0.2) is 51.5 Å². The van der Waals surface area contributed by atoms with E-state index in [0.717, 1.165) is 22.2 Å². The van der Waals surface area contributed by atoms with Gasteiger partial charge in [0.2, 0.25) is 0 Å². The maximum atomic E-state index is 12.9. The zero-order valence-electron chi connectivity index (χ0n) is 10.8. The lowest BCUT2D eigenvalue weighted by Crippen LogP contribution is -2.05. The van der Waals surface area contributed by atoms with Gasteiger partial charge in [-0.05, 0) is 40.2 Å². The van der Waals surface area contributed by atoms with Gasteiger partial charge in [0, 0.05) is 14.5 Å². The van der Waals surface area contributed by atoms with Crippen LogP contribution >= 0.6 is 31.9 Å². The standard InChI is InChI=1S/C15H7Br2F3N2/c16-10-3-1-8(2-4-10)13-7-21-14-11(17)5-9(15(18,19)20)6-12(14)22-13/h1-7H. The molecule has 3 aromatic rings. The van der Waals surface area contributed by atoms with Crippen molar-refractivity contribution in [1.82, 2.24) is 9.97 Å². The van der Waals surface area contributed by atoms with Gasteiger partial charge in [-0.15, -0.1) is 0 Å². The second-order valence-corrected chi connectivity index (χ2v) is 6.36. The van der Waals surface area contributed by atoms with Crippen LogP contribution in [0.3, 0.4) is 0 Å². The lowest BCUT2D eigenvalue weighted by Gasteiger charge is -2.09. The summed E-state index contributed by atoms with van der Waals surface area (Å²) >= 11 is 6.45. The Balaban J connectivity index is 2.18. The Morgan fingerprint density at radius 2 is 1.64 bits per heavy atom. The number of halogens is 5. The van der Waals surface area contributed by atoms with Crippen molar-refractivity contribution in [3.63, 3.8) is 0 Å². The van der Waals surface area contributed by atoms with Gasteiger partial charge in [-0.1, -0.05) is 28.1 Å². The summed E-state index contributed by atoms with van der Waals surface area (Å²) in [6, 6.07) is 9.34. The van der Waals surface area contributed by atoms with E-state index in [1.165, 1.54) is 0 Å². The van der Waals surface area contributed by atoms with Gasteiger partial charge in [0.1, 0.15) is 5.52 Å². The van der Waals surface area contributed by atoms with Crippen LogP contribution in [0.4, 0.5) is 13.2 Å². The first-order valence-corrected chi connectivity index (χ1v) is 7.72. The van der Waals surface area contributed by atoms with E-state index in [4.69, 9.17) is 0 Å². The van der Waals surface area contributed by atoms with Crippen LogP contribution in [0.25, 0.3) is 22.3 Å². The summed E-state index contributed by atoms with van der Waals surface area (Å²) in [7, 11) is 0. The van der Waals surface area contributed by atoms with Gasteiger partial charge in [0.25, 0.3) is 0 Å². The number of alkyl halides is 3. The molecule has 0 fully saturated rings. The van der Waals surface area contributed by atoms with E-state index < -0.39 is 11.7 Å². The minimum absolute atomic E-state index is 0.196. The molecule has 0 unspecified atom stereocenters. The highest BCUT2D eigenvalue weighted by molar-refractivity contribution is 9.11. The Labute approximate surface area is 140 Å². The molecule has 2 nitrogen and oxygen atoms in total. The molecule has 1 heterocycles. The van der Waals surface area contributed by atoms with Crippen molar-refractivity contribution in [3.8, 4) is 11.3 Å². The molecule has 0 spiro atoms. The topological polar surface area (TPSA) is 25.8 Å². The molecule has 0 amide bonds. The molecule has 0 aliphatic carbocycles. The Bertz CT molecular complexity index is 846. The summed E-state index contributed by atoms with van der Waals surface area (Å²) in [5.74, 6) is 0. The van der Waals surface area contributed by atoms with Crippen LogP contribution in [-0.2, 0) is 6.18 Å². The molecule has 2 aromatic carbocycles. The number of benzene rings is 2. The Kier molecular flexibility index (Phi) is 3.94. The normalized spacial score (nSPS) is 11.9. The molecule has 112 valence electrons. The molecule has 0 N–H and O–H groups in total. The van der Waals surface area contributed by atoms with Crippen molar-refractivity contribution in [2.45, 2.75) is 6.18 Å². The summed E-state index contributed by atoms with van der Waals surface area (Å²) in [5, 5.41) is 0. The summed E-state index contributed by atoms with van der Waals surface area (Å²) in [4.78, 5) is 8.52. The molecular weight excluding hydrogens is 425 g/mol. The minimum atomic E-state index is -4.42. The first kappa shape index (κ1) is 15.4. The number of fused-ring (bicyclic) bond motifs is 1. The van der Waals surface area contributed by atoms with Gasteiger partial charge >= 0.3 is 6.18 Å². The third-order valence-corrected chi connectivity index (χ3v) is 4.20. The van der Waals surface area contributed by atoms with Gasteiger partial charge in [-0.3, -0.25) is 4.98 Å². The molecule has 0 saturated heterocycles. The van der Waals surface area contributed by atoms with E-state index >= 15 is 0 Å². The largest absolute Gasteiger partial charge is 0.416 e. The number of hydrogen-bond acceptors (Lipinski definition) is 2. The highest BCUT2D eigenvalue weighted by atomic mass is 79.9. The number of aromatic nitrogens is 2. The van der Waals surface area contributed by atoms with Crippen molar-refractivity contribution in [2.24, 2.45) is 0 Å². The smallest absolute Gasteiger partial charge is 0.251 e. The number of rotatable bonds is 1. The minimum Gasteiger partial charge on any atom is -0.251 e. The first-order valence-electron chi connectivity index (χ1n) is 6.14.